The van der Waals surface area contributed by atoms with Crippen LogP contribution in [0.4, 0.5) is 11.4 Å². The Kier molecular flexibility index (Phi) is 3.45. The van der Waals surface area contributed by atoms with Crippen molar-refractivity contribution in [3.8, 4) is 0 Å². The van der Waals surface area contributed by atoms with Crippen LogP contribution < -0.4 is 10.5 Å². The van der Waals surface area contributed by atoms with Crippen molar-refractivity contribution in [1.82, 2.24) is 0 Å². The Hall–Kier alpha value is -1.72. The molecule has 0 aliphatic carbocycles. The number of para-hydroxylation sites is 1. The molecule has 0 amide bonds. The predicted molar refractivity (Wildman–Crippen MR) is 73.1 cm³/mol. The van der Waals surface area contributed by atoms with E-state index in [1.165, 1.54) is 12.1 Å². The molecule has 0 heterocycles. The van der Waals surface area contributed by atoms with Gasteiger partial charge in [-0.1, -0.05) is 23.7 Å². The van der Waals surface area contributed by atoms with E-state index in [4.69, 9.17) is 17.3 Å². The van der Waals surface area contributed by atoms with Gasteiger partial charge in [-0.3, -0.25) is 4.72 Å². The lowest BCUT2D eigenvalue weighted by atomic mass is 10.3. The summed E-state index contributed by atoms with van der Waals surface area (Å²) in [7, 11) is -3.67. The monoisotopic (exact) mass is 282 g/mol. The van der Waals surface area contributed by atoms with E-state index in [9.17, 15) is 8.42 Å². The molecule has 94 valence electrons. The molecule has 2 aromatic carbocycles. The molecular weight excluding hydrogens is 272 g/mol. The minimum Gasteiger partial charge on any atom is -0.398 e. The van der Waals surface area contributed by atoms with Crippen molar-refractivity contribution in [2.75, 3.05) is 10.5 Å². The first kappa shape index (κ1) is 12.7. The first-order valence-corrected chi connectivity index (χ1v) is 6.98. The van der Waals surface area contributed by atoms with E-state index in [1.807, 2.05) is 0 Å². The molecule has 18 heavy (non-hydrogen) atoms. The second-order valence-corrected chi connectivity index (χ2v) is 5.74. The minimum atomic E-state index is -3.67. The third-order valence-electron chi connectivity index (χ3n) is 2.30. The molecule has 3 N–H and O–H groups in total. The number of nitrogens with two attached hydrogens (primary N) is 1. The van der Waals surface area contributed by atoms with Gasteiger partial charge in [0.2, 0.25) is 0 Å². The number of rotatable bonds is 3. The standard InChI is InChI=1S/C12H11ClN2O2S/c13-9-5-7-10(8-6-9)15-18(16,17)12-4-2-1-3-11(12)14/h1-8,15H,14H2. The molecule has 6 heteroatoms. The van der Waals surface area contributed by atoms with E-state index < -0.39 is 10.0 Å². The van der Waals surface area contributed by atoms with Crippen LogP contribution in [-0.4, -0.2) is 8.42 Å². The number of halogens is 1. The number of sulfonamides is 1. The maximum absolute atomic E-state index is 12.1. The van der Waals surface area contributed by atoms with Crippen molar-refractivity contribution in [2.45, 2.75) is 4.90 Å². The maximum Gasteiger partial charge on any atom is 0.263 e. The largest absolute Gasteiger partial charge is 0.398 e. The Balaban J connectivity index is 2.33. The number of hydrogen-bond donors (Lipinski definition) is 2. The van der Waals surface area contributed by atoms with Gasteiger partial charge in [0.1, 0.15) is 4.90 Å². The van der Waals surface area contributed by atoms with Crippen LogP contribution in [0, 0.1) is 0 Å². The van der Waals surface area contributed by atoms with Crippen LogP contribution >= 0.6 is 11.6 Å². The third kappa shape index (κ3) is 2.75. The van der Waals surface area contributed by atoms with E-state index in [2.05, 4.69) is 4.72 Å². The topological polar surface area (TPSA) is 72.2 Å². The summed E-state index contributed by atoms with van der Waals surface area (Å²) >= 11 is 5.73. The average Bonchev–Trinajstić information content (AvgIpc) is 2.32. The fourth-order valence-corrected chi connectivity index (χ4v) is 2.77. The normalized spacial score (nSPS) is 11.2. The highest BCUT2D eigenvalue weighted by molar-refractivity contribution is 7.92. The molecule has 0 aliphatic heterocycles. The zero-order chi connectivity index (χ0) is 13.2. The zero-order valence-electron chi connectivity index (χ0n) is 9.30. The maximum atomic E-state index is 12.1. The molecule has 2 aromatic rings. The summed E-state index contributed by atoms with van der Waals surface area (Å²) < 4.78 is 26.6. The summed E-state index contributed by atoms with van der Waals surface area (Å²) in [5.41, 5.74) is 6.28. The van der Waals surface area contributed by atoms with Gasteiger partial charge in [-0.25, -0.2) is 8.42 Å². The SMILES string of the molecule is Nc1ccccc1S(=O)(=O)Nc1ccc(Cl)cc1. The number of nitrogen functional groups attached to an aromatic ring is 1. The molecule has 0 spiro atoms. The van der Waals surface area contributed by atoms with Crippen LogP contribution in [0.1, 0.15) is 0 Å². The lowest BCUT2D eigenvalue weighted by Crippen LogP contribution is -2.14. The molecule has 0 aromatic heterocycles. The fraction of sp³-hybridized carbons (Fsp3) is 0. The number of benzene rings is 2. The summed E-state index contributed by atoms with van der Waals surface area (Å²) in [5.74, 6) is 0. The van der Waals surface area contributed by atoms with E-state index >= 15 is 0 Å². The van der Waals surface area contributed by atoms with Crippen molar-refractivity contribution in [1.29, 1.82) is 0 Å². The molecule has 0 radical (unpaired) electrons. The van der Waals surface area contributed by atoms with Crippen molar-refractivity contribution < 1.29 is 8.42 Å². The Morgan fingerprint density at radius 1 is 1.00 bits per heavy atom. The van der Waals surface area contributed by atoms with Gasteiger partial charge in [-0.2, -0.15) is 0 Å². The Labute approximate surface area is 110 Å². The summed E-state index contributed by atoms with van der Waals surface area (Å²) in [4.78, 5) is 0.0555. The molecule has 0 saturated carbocycles. The second kappa shape index (κ2) is 4.88. The molecule has 0 unspecified atom stereocenters. The van der Waals surface area contributed by atoms with E-state index in [1.54, 1.807) is 36.4 Å². The van der Waals surface area contributed by atoms with Crippen LogP contribution in [0.15, 0.2) is 53.4 Å². The molecule has 0 bridgehead atoms. The smallest absolute Gasteiger partial charge is 0.263 e. The van der Waals surface area contributed by atoms with Gasteiger partial charge in [0.05, 0.1) is 5.69 Å². The van der Waals surface area contributed by atoms with Gasteiger partial charge in [-0.15, -0.1) is 0 Å². The van der Waals surface area contributed by atoms with E-state index in [-0.39, 0.29) is 10.6 Å². The van der Waals surface area contributed by atoms with Crippen molar-refractivity contribution in [3.05, 3.63) is 53.6 Å². The Bertz CT molecular complexity index is 654. The molecule has 0 fully saturated rings. The van der Waals surface area contributed by atoms with Crippen molar-refractivity contribution in [2.24, 2.45) is 0 Å². The summed E-state index contributed by atoms with van der Waals surface area (Å²) in [5, 5.41) is 0.539. The number of anilines is 2. The van der Waals surface area contributed by atoms with Gasteiger partial charge < -0.3 is 5.73 Å². The van der Waals surface area contributed by atoms with Gasteiger partial charge in [0, 0.05) is 10.7 Å². The highest BCUT2D eigenvalue weighted by Crippen LogP contribution is 2.21. The van der Waals surface area contributed by atoms with Crippen LogP contribution in [0.5, 0.6) is 0 Å². The number of nitrogens with one attached hydrogen (secondary N) is 1. The van der Waals surface area contributed by atoms with Gasteiger partial charge in [0.15, 0.2) is 0 Å². The fourth-order valence-electron chi connectivity index (χ4n) is 1.45. The van der Waals surface area contributed by atoms with Gasteiger partial charge in [0.25, 0.3) is 10.0 Å². The molecular formula is C12H11ClN2O2S. The third-order valence-corrected chi connectivity index (χ3v) is 4.01. The quantitative estimate of drug-likeness (QED) is 0.850. The molecule has 0 saturated heterocycles. The van der Waals surface area contributed by atoms with Crippen molar-refractivity contribution in [3.63, 3.8) is 0 Å². The molecule has 0 aliphatic rings. The zero-order valence-corrected chi connectivity index (χ0v) is 10.9. The Morgan fingerprint density at radius 2 is 1.61 bits per heavy atom. The summed E-state index contributed by atoms with van der Waals surface area (Å²) in [6.45, 7) is 0. The second-order valence-electron chi connectivity index (χ2n) is 3.65. The molecule has 0 atom stereocenters. The number of hydrogen-bond acceptors (Lipinski definition) is 3. The first-order chi connectivity index (χ1) is 8.49. The molecule has 2 rings (SSSR count). The van der Waals surface area contributed by atoms with Crippen LogP contribution in [0.25, 0.3) is 0 Å². The summed E-state index contributed by atoms with van der Waals surface area (Å²) in [6.07, 6.45) is 0. The highest BCUT2D eigenvalue weighted by atomic mass is 35.5. The molecule has 4 nitrogen and oxygen atoms in total. The van der Waals surface area contributed by atoms with E-state index in [0.29, 0.717) is 10.7 Å². The highest BCUT2D eigenvalue weighted by Gasteiger charge is 2.16. The summed E-state index contributed by atoms with van der Waals surface area (Å²) in [6, 6.07) is 12.7. The van der Waals surface area contributed by atoms with Crippen LogP contribution in [-0.2, 0) is 10.0 Å². The predicted octanol–water partition coefficient (Wildman–Crippen LogP) is 2.72. The van der Waals surface area contributed by atoms with Crippen LogP contribution in [0.3, 0.4) is 0 Å². The lowest BCUT2D eigenvalue weighted by molar-refractivity contribution is 0.601. The lowest BCUT2D eigenvalue weighted by Gasteiger charge is -2.09. The van der Waals surface area contributed by atoms with Gasteiger partial charge in [-0.05, 0) is 36.4 Å². The van der Waals surface area contributed by atoms with E-state index in [0.717, 1.165) is 0 Å². The average molecular weight is 283 g/mol. The Morgan fingerprint density at radius 3 is 2.22 bits per heavy atom. The van der Waals surface area contributed by atoms with Crippen molar-refractivity contribution >= 4 is 33.0 Å². The van der Waals surface area contributed by atoms with Gasteiger partial charge >= 0.3 is 0 Å². The van der Waals surface area contributed by atoms with Crippen LogP contribution in [0.2, 0.25) is 5.02 Å². The minimum absolute atomic E-state index is 0.0555. The first-order valence-electron chi connectivity index (χ1n) is 5.12.